The number of thiazole rings is 1. The van der Waals surface area contributed by atoms with Crippen LogP contribution in [-0.2, 0) is 9.59 Å². The molecular formula is C14H13N3O3S. The summed E-state index contributed by atoms with van der Waals surface area (Å²) in [4.78, 5) is 29.3. The average molecular weight is 303 g/mol. The number of nitrogens with one attached hydrogen (secondary N) is 1. The zero-order chi connectivity index (χ0) is 14.8. The molecule has 1 aromatic heterocycles. The van der Waals surface area contributed by atoms with E-state index in [2.05, 4.69) is 10.3 Å². The van der Waals surface area contributed by atoms with Gasteiger partial charge in [-0.05, 0) is 18.2 Å². The van der Waals surface area contributed by atoms with Crippen LogP contribution in [0.25, 0.3) is 11.3 Å². The van der Waals surface area contributed by atoms with Crippen molar-refractivity contribution in [2.24, 2.45) is 0 Å². The number of benzene rings is 1. The van der Waals surface area contributed by atoms with Gasteiger partial charge in [0.05, 0.1) is 16.9 Å². The van der Waals surface area contributed by atoms with Crippen molar-refractivity contribution in [1.82, 2.24) is 10.3 Å². The molecule has 7 heteroatoms. The zero-order valence-corrected chi connectivity index (χ0v) is 12.1. The lowest BCUT2D eigenvalue weighted by atomic mass is 10.1. The van der Waals surface area contributed by atoms with Gasteiger partial charge in [-0.3, -0.25) is 14.5 Å². The maximum absolute atomic E-state index is 12.0. The van der Waals surface area contributed by atoms with Gasteiger partial charge in [0.2, 0.25) is 5.91 Å². The summed E-state index contributed by atoms with van der Waals surface area (Å²) in [6.07, 6.45) is 0. The molecule has 0 saturated carbocycles. The Morgan fingerprint density at radius 1 is 1.52 bits per heavy atom. The van der Waals surface area contributed by atoms with Crippen LogP contribution in [0.15, 0.2) is 29.1 Å². The van der Waals surface area contributed by atoms with Crippen LogP contribution >= 0.6 is 11.3 Å². The lowest BCUT2D eigenvalue weighted by Crippen LogP contribution is -2.44. The number of ether oxygens (including phenoxy) is 1. The molecule has 0 saturated heterocycles. The summed E-state index contributed by atoms with van der Waals surface area (Å²) < 4.78 is 5.41. The van der Waals surface area contributed by atoms with E-state index in [1.54, 1.807) is 18.6 Å². The van der Waals surface area contributed by atoms with Gasteiger partial charge in [0.1, 0.15) is 12.3 Å². The Balaban J connectivity index is 2.00. The number of rotatable bonds is 3. The molecule has 0 aliphatic carbocycles. The second-order valence-electron chi connectivity index (χ2n) is 4.50. The molecule has 6 nitrogen and oxygen atoms in total. The van der Waals surface area contributed by atoms with Crippen molar-refractivity contribution in [2.45, 2.75) is 0 Å². The highest BCUT2D eigenvalue weighted by molar-refractivity contribution is 7.07. The molecule has 0 unspecified atom stereocenters. The minimum Gasteiger partial charge on any atom is -0.482 e. The first-order valence-electron chi connectivity index (χ1n) is 6.35. The van der Waals surface area contributed by atoms with Crippen molar-refractivity contribution in [3.05, 3.63) is 29.1 Å². The molecule has 2 heterocycles. The first-order chi connectivity index (χ1) is 10.2. The molecule has 0 atom stereocenters. The molecule has 2 aromatic rings. The largest absolute Gasteiger partial charge is 0.482 e. The highest BCUT2D eigenvalue weighted by Crippen LogP contribution is 2.35. The highest BCUT2D eigenvalue weighted by atomic mass is 32.1. The predicted octanol–water partition coefficient (Wildman–Crippen LogP) is 1.28. The van der Waals surface area contributed by atoms with Crippen LogP contribution in [0.3, 0.4) is 0 Å². The van der Waals surface area contributed by atoms with Crippen molar-refractivity contribution < 1.29 is 14.3 Å². The summed E-state index contributed by atoms with van der Waals surface area (Å²) in [5, 5.41) is 4.45. The fourth-order valence-electron chi connectivity index (χ4n) is 2.11. The summed E-state index contributed by atoms with van der Waals surface area (Å²) in [7, 11) is 1.54. The second-order valence-corrected chi connectivity index (χ2v) is 5.22. The van der Waals surface area contributed by atoms with Gasteiger partial charge in [-0.1, -0.05) is 0 Å². The van der Waals surface area contributed by atoms with E-state index in [9.17, 15) is 9.59 Å². The first kappa shape index (κ1) is 13.6. The van der Waals surface area contributed by atoms with Gasteiger partial charge in [0.15, 0.2) is 6.61 Å². The third-order valence-corrected chi connectivity index (χ3v) is 3.80. The number of likely N-dealkylation sites (N-methyl/N-ethyl adjacent to an activating group) is 1. The van der Waals surface area contributed by atoms with Crippen LogP contribution in [0.2, 0.25) is 0 Å². The highest BCUT2D eigenvalue weighted by Gasteiger charge is 2.27. The van der Waals surface area contributed by atoms with E-state index in [1.807, 2.05) is 17.5 Å². The predicted molar refractivity (Wildman–Crippen MR) is 79.5 cm³/mol. The van der Waals surface area contributed by atoms with Crippen LogP contribution in [0.4, 0.5) is 5.69 Å². The maximum Gasteiger partial charge on any atom is 0.265 e. The Hall–Kier alpha value is -2.41. The molecule has 21 heavy (non-hydrogen) atoms. The Morgan fingerprint density at radius 3 is 3.10 bits per heavy atom. The standard InChI is InChI=1S/C14H13N3O3S/c1-15-13(18)5-17-11-4-9(10-7-21-8-16-10)2-3-12(11)20-6-14(17)19/h2-4,7-8H,5-6H2,1H3,(H,15,18). The van der Waals surface area contributed by atoms with Crippen molar-refractivity contribution in [1.29, 1.82) is 0 Å². The van der Waals surface area contributed by atoms with Crippen molar-refractivity contribution >= 4 is 28.8 Å². The first-order valence-corrected chi connectivity index (χ1v) is 7.29. The fraction of sp³-hybridized carbons (Fsp3) is 0.214. The number of carbonyl (C=O) groups excluding carboxylic acids is 2. The summed E-state index contributed by atoms with van der Waals surface area (Å²) in [6, 6.07) is 5.51. The molecular weight excluding hydrogens is 290 g/mol. The molecule has 2 amide bonds. The maximum atomic E-state index is 12.0. The number of aromatic nitrogens is 1. The van der Waals surface area contributed by atoms with E-state index in [1.165, 1.54) is 16.2 Å². The Bertz CT molecular complexity index is 685. The molecule has 1 aliphatic rings. The molecule has 108 valence electrons. The summed E-state index contributed by atoms with van der Waals surface area (Å²) in [6.45, 7) is -0.0771. The Kier molecular flexibility index (Phi) is 3.57. The lowest BCUT2D eigenvalue weighted by Gasteiger charge is -2.29. The van der Waals surface area contributed by atoms with Crippen LogP contribution in [0.5, 0.6) is 5.75 Å². The average Bonchev–Trinajstić information content (AvgIpc) is 3.04. The second kappa shape index (κ2) is 5.53. The van der Waals surface area contributed by atoms with Crippen LogP contribution in [-0.4, -0.2) is 37.0 Å². The summed E-state index contributed by atoms with van der Waals surface area (Å²) in [5.74, 6) is 0.134. The number of hydrogen-bond acceptors (Lipinski definition) is 5. The van der Waals surface area contributed by atoms with Crippen molar-refractivity contribution in [2.75, 3.05) is 25.1 Å². The molecule has 1 N–H and O–H groups in total. The molecule has 0 radical (unpaired) electrons. The number of anilines is 1. The zero-order valence-electron chi connectivity index (χ0n) is 11.3. The van der Waals surface area contributed by atoms with Gasteiger partial charge in [0, 0.05) is 18.0 Å². The Morgan fingerprint density at radius 2 is 2.38 bits per heavy atom. The van der Waals surface area contributed by atoms with Gasteiger partial charge in [0.25, 0.3) is 5.91 Å². The number of carbonyl (C=O) groups is 2. The van der Waals surface area contributed by atoms with Gasteiger partial charge in [-0.2, -0.15) is 0 Å². The topological polar surface area (TPSA) is 71.5 Å². The third kappa shape index (κ3) is 2.59. The summed E-state index contributed by atoms with van der Waals surface area (Å²) in [5.41, 5.74) is 4.06. The van der Waals surface area contributed by atoms with Crippen LogP contribution < -0.4 is 15.0 Å². The van der Waals surface area contributed by atoms with E-state index in [0.29, 0.717) is 11.4 Å². The number of hydrogen-bond donors (Lipinski definition) is 1. The summed E-state index contributed by atoms with van der Waals surface area (Å²) >= 11 is 1.50. The number of fused-ring (bicyclic) bond motifs is 1. The minimum absolute atomic E-state index is 0.0216. The smallest absolute Gasteiger partial charge is 0.265 e. The van der Waals surface area contributed by atoms with Crippen molar-refractivity contribution in [3.63, 3.8) is 0 Å². The quantitative estimate of drug-likeness (QED) is 0.927. The molecule has 1 aliphatic heterocycles. The fourth-order valence-corrected chi connectivity index (χ4v) is 2.67. The van der Waals surface area contributed by atoms with Crippen LogP contribution in [0.1, 0.15) is 0 Å². The van der Waals surface area contributed by atoms with E-state index < -0.39 is 0 Å². The molecule has 1 aromatic carbocycles. The van der Waals surface area contributed by atoms with Gasteiger partial charge in [-0.15, -0.1) is 11.3 Å². The van der Waals surface area contributed by atoms with Crippen molar-refractivity contribution in [3.8, 4) is 17.0 Å². The van der Waals surface area contributed by atoms with E-state index in [0.717, 1.165) is 11.3 Å². The molecule has 0 spiro atoms. The minimum atomic E-state index is -0.235. The third-order valence-electron chi connectivity index (χ3n) is 3.21. The molecule has 0 fully saturated rings. The van der Waals surface area contributed by atoms with E-state index in [-0.39, 0.29) is 25.0 Å². The normalized spacial score (nSPS) is 13.6. The SMILES string of the molecule is CNC(=O)CN1C(=O)COc2ccc(-c3cscn3)cc21. The number of nitrogens with zero attached hydrogens (tertiary/aromatic N) is 2. The van der Waals surface area contributed by atoms with Crippen LogP contribution in [0, 0.1) is 0 Å². The van der Waals surface area contributed by atoms with E-state index >= 15 is 0 Å². The van der Waals surface area contributed by atoms with Gasteiger partial charge in [-0.25, -0.2) is 4.98 Å². The van der Waals surface area contributed by atoms with E-state index in [4.69, 9.17) is 4.74 Å². The molecule has 3 rings (SSSR count). The van der Waals surface area contributed by atoms with Gasteiger partial charge >= 0.3 is 0 Å². The lowest BCUT2D eigenvalue weighted by molar-refractivity contribution is -0.125. The molecule has 0 bridgehead atoms. The monoisotopic (exact) mass is 303 g/mol. The van der Waals surface area contributed by atoms with Gasteiger partial charge < -0.3 is 10.1 Å². The Labute approximate surface area is 125 Å². The number of amides is 2.